The van der Waals surface area contributed by atoms with Gasteiger partial charge >= 0.3 is 0 Å². The lowest BCUT2D eigenvalue weighted by Crippen LogP contribution is -2.00. The number of hydrogen-bond acceptors (Lipinski definition) is 3. The highest BCUT2D eigenvalue weighted by Crippen LogP contribution is 2.22. The smallest absolute Gasteiger partial charge is 0.145 e. The molecule has 0 radical (unpaired) electrons. The van der Waals surface area contributed by atoms with Crippen LogP contribution in [0.4, 0.5) is 10.1 Å². The van der Waals surface area contributed by atoms with Gasteiger partial charge in [0.25, 0.3) is 0 Å². The molecule has 2 aromatic rings. The largest absolute Gasteiger partial charge is 0.485 e. The molecule has 2 N–H and O–H groups in total. The predicted octanol–water partition coefficient (Wildman–Crippen LogP) is 1.72. The maximum atomic E-state index is 12.9. The van der Waals surface area contributed by atoms with Crippen LogP contribution in [0, 0.1) is 5.82 Å². The summed E-state index contributed by atoms with van der Waals surface area (Å²) in [5.41, 5.74) is 6.83. The van der Waals surface area contributed by atoms with Gasteiger partial charge in [0, 0.05) is 19.3 Å². The first-order valence-electron chi connectivity index (χ1n) is 4.81. The van der Waals surface area contributed by atoms with E-state index < -0.39 is 0 Å². The number of benzene rings is 1. The van der Waals surface area contributed by atoms with E-state index in [2.05, 4.69) is 5.10 Å². The summed E-state index contributed by atoms with van der Waals surface area (Å²) in [4.78, 5) is 0. The molecule has 1 heterocycles. The Morgan fingerprint density at radius 3 is 2.94 bits per heavy atom. The maximum Gasteiger partial charge on any atom is 0.145 e. The third-order valence-electron chi connectivity index (χ3n) is 2.12. The minimum Gasteiger partial charge on any atom is -0.485 e. The lowest BCUT2D eigenvalue weighted by Gasteiger charge is -2.07. The normalized spacial score (nSPS) is 10.4. The molecule has 4 nitrogen and oxygen atoms in total. The molecular formula is C11H12FN3O. The Morgan fingerprint density at radius 1 is 1.44 bits per heavy atom. The lowest BCUT2D eigenvalue weighted by molar-refractivity contribution is 0.300. The minimum atomic E-state index is -0.370. The van der Waals surface area contributed by atoms with Gasteiger partial charge in [-0.3, -0.25) is 4.68 Å². The van der Waals surface area contributed by atoms with Crippen LogP contribution in [0.5, 0.6) is 5.75 Å². The topological polar surface area (TPSA) is 53.1 Å². The van der Waals surface area contributed by atoms with Gasteiger partial charge in [-0.15, -0.1) is 0 Å². The zero-order valence-electron chi connectivity index (χ0n) is 8.85. The van der Waals surface area contributed by atoms with Crippen LogP contribution in [0.25, 0.3) is 0 Å². The zero-order valence-corrected chi connectivity index (χ0v) is 8.85. The van der Waals surface area contributed by atoms with Crippen molar-refractivity contribution in [3.8, 4) is 5.75 Å². The van der Waals surface area contributed by atoms with Gasteiger partial charge in [-0.2, -0.15) is 5.10 Å². The Bertz CT molecular complexity index is 496. The van der Waals surface area contributed by atoms with E-state index in [0.717, 1.165) is 5.69 Å². The number of aryl methyl sites for hydroxylation is 1. The first kappa shape index (κ1) is 10.5. The summed E-state index contributed by atoms with van der Waals surface area (Å²) in [6.45, 7) is 0.272. The summed E-state index contributed by atoms with van der Waals surface area (Å²) >= 11 is 0. The second-order valence-electron chi connectivity index (χ2n) is 3.45. The number of nitrogens with zero attached hydrogens (tertiary/aromatic N) is 2. The molecule has 0 atom stereocenters. The summed E-state index contributed by atoms with van der Waals surface area (Å²) in [5, 5.41) is 4.13. The van der Waals surface area contributed by atoms with E-state index in [1.165, 1.54) is 18.2 Å². The van der Waals surface area contributed by atoms with Crippen molar-refractivity contribution in [3.63, 3.8) is 0 Å². The van der Waals surface area contributed by atoms with Crippen LogP contribution >= 0.6 is 0 Å². The molecule has 2 rings (SSSR count). The van der Waals surface area contributed by atoms with Crippen molar-refractivity contribution < 1.29 is 9.13 Å². The number of rotatable bonds is 3. The summed E-state index contributed by atoms with van der Waals surface area (Å²) in [5.74, 6) is -0.0316. The summed E-state index contributed by atoms with van der Waals surface area (Å²) in [6.07, 6.45) is 1.81. The van der Waals surface area contributed by atoms with Crippen molar-refractivity contribution in [1.82, 2.24) is 9.78 Å². The van der Waals surface area contributed by atoms with Gasteiger partial charge in [0.15, 0.2) is 0 Å². The number of halogens is 1. The summed E-state index contributed by atoms with van der Waals surface area (Å²) in [6, 6.07) is 5.86. The molecule has 0 bridgehead atoms. The van der Waals surface area contributed by atoms with Gasteiger partial charge in [0.05, 0.1) is 11.4 Å². The second kappa shape index (κ2) is 4.22. The van der Waals surface area contributed by atoms with Gasteiger partial charge < -0.3 is 10.5 Å². The number of nitrogen functional groups attached to an aromatic ring is 1. The van der Waals surface area contributed by atoms with Crippen molar-refractivity contribution in [3.05, 3.63) is 42.0 Å². The van der Waals surface area contributed by atoms with E-state index in [1.54, 1.807) is 4.68 Å². The molecule has 0 aliphatic rings. The molecule has 0 saturated carbocycles. The molecule has 1 aromatic heterocycles. The number of aromatic nitrogens is 2. The summed E-state index contributed by atoms with van der Waals surface area (Å²) in [7, 11) is 1.82. The van der Waals surface area contributed by atoms with Crippen LogP contribution in [-0.4, -0.2) is 9.78 Å². The first-order chi connectivity index (χ1) is 7.65. The predicted molar refractivity (Wildman–Crippen MR) is 58.4 cm³/mol. The fourth-order valence-corrected chi connectivity index (χ4v) is 1.33. The fourth-order valence-electron chi connectivity index (χ4n) is 1.33. The molecule has 0 saturated heterocycles. The van der Waals surface area contributed by atoms with Crippen molar-refractivity contribution in [2.45, 2.75) is 6.61 Å². The highest BCUT2D eigenvalue weighted by atomic mass is 19.1. The number of ether oxygens (including phenoxy) is 1. The van der Waals surface area contributed by atoms with Crippen LogP contribution in [0.3, 0.4) is 0 Å². The Kier molecular flexibility index (Phi) is 2.76. The third-order valence-corrected chi connectivity index (χ3v) is 2.12. The molecule has 0 spiro atoms. The lowest BCUT2D eigenvalue weighted by atomic mass is 10.3. The van der Waals surface area contributed by atoms with Crippen LogP contribution in [-0.2, 0) is 13.7 Å². The average molecular weight is 221 g/mol. The zero-order chi connectivity index (χ0) is 11.5. The monoisotopic (exact) mass is 221 g/mol. The molecule has 16 heavy (non-hydrogen) atoms. The van der Waals surface area contributed by atoms with E-state index in [-0.39, 0.29) is 12.4 Å². The van der Waals surface area contributed by atoms with E-state index in [9.17, 15) is 4.39 Å². The van der Waals surface area contributed by atoms with E-state index in [1.807, 2.05) is 19.3 Å². The van der Waals surface area contributed by atoms with Crippen LogP contribution in [0.2, 0.25) is 0 Å². The number of nitrogens with two attached hydrogens (primary N) is 1. The van der Waals surface area contributed by atoms with Crippen LogP contribution < -0.4 is 10.5 Å². The summed E-state index contributed by atoms with van der Waals surface area (Å²) < 4.78 is 20.0. The Balaban J connectivity index is 2.07. The van der Waals surface area contributed by atoms with E-state index in [0.29, 0.717) is 11.4 Å². The van der Waals surface area contributed by atoms with Gasteiger partial charge in [-0.25, -0.2) is 4.39 Å². The molecule has 0 aliphatic carbocycles. The van der Waals surface area contributed by atoms with Gasteiger partial charge in [0.2, 0.25) is 0 Å². The standard InChI is InChI=1S/C11H12FN3O/c1-15-5-4-9(14-15)7-16-11-6-8(12)2-3-10(11)13/h2-6H,7,13H2,1H3. The SMILES string of the molecule is Cn1ccc(COc2cc(F)ccc2N)n1. The van der Waals surface area contributed by atoms with E-state index in [4.69, 9.17) is 10.5 Å². The third kappa shape index (κ3) is 2.31. The molecule has 84 valence electrons. The van der Waals surface area contributed by atoms with Gasteiger partial charge in [-0.1, -0.05) is 0 Å². The first-order valence-corrected chi connectivity index (χ1v) is 4.81. The van der Waals surface area contributed by atoms with Crippen LogP contribution in [0.1, 0.15) is 5.69 Å². The Morgan fingerprint density at radius 2 is 2.25 bits per heavy atom. The molecule has 1 aromatic carbocycles. The highest BCUT2D eigenvalue weighted by Gasteiger charge is 2.04. The minimum absolute atomic E-state index is 0.272. The second-order valence-corrected chi connectivity index (χ2v) is 3.45. The van der Waals surface area contributed by atoms with Crippen molar-refractivity contribution in [2.75, 3.05) is 5.73 Å². The average Bonchev–Trinajstić information content (AvgIpc) is 2.66. The molecule has 0 fully saturated rings. The number of anilines is 1. The Labute approximate surface area is 92.4 Å². The molecule has 0 amide bonds. The fraction of sp³-hybridized carbons (Fsp3) is 0.182. The van der Waals surface area contributed by atoms with Gasteiger partial charge in [0.1, 0.15) is 18.2 Å². The van der Waals surface area contributed by atoms with Crippen molar-refractivity contribution >= 4 is 5.69 Å². The molecular weight excluding hydrogens is 209 g/mol. The van der Waals surface area contributed by atoms with Gasteiger partial charge in [-0.05, 0) is 18.2 Å². The molecule has 0 aliphatic heterocycles. The quantitative estimate of drug-likeness (QED) is 0.803. The Hall–Kier alpha value is -2.04. The highest BCUT2D eigenvalue weighted by molar-refractivity contribution is 5.52. The molecule has 0 unspecified atom stereocenters. The maximum absolute atomic E-state index is 12.9. The van der Waals surface area contributed by atoms with Crippen LogP contribution in [0.15, 0.2) is 30.5 Å². The number of hydrogen-bond donors (Lipinski definition) is 1. The van der Waals surface area contributed by atoms with E-state index >= 15 is 0 Å². The van der Waals surface area contributed by atoms with Crippen molar-refractivity contribution in [2.24, 2.45) is 7.05 Å². The molecule has 5 heteroatoms. The van der Waals surface area contributed by atoms with Crippen molar-refractivity contribution in [1.29, 1.82) is 0 Å².